The quantitative estimate of drug-likeness (QED) is 0.662. The Balaban J connectivity index is 2.00. The number of hydrogen-bond donors (Lipinski definition) is 0. The Morgan fingerprint density at radius 2 is 1.87 bits per heavy atom. The van der Waals surface area contributed by atoms with E-state index in [2.05, 4.69) is 9.97 Å². The second-order valence-corrected chi connectivity index (χ2v) is 9.11. The van der Waals surface area contributed by atoms with Crippen molar-refractivity contribution in [2.75, 3.05) is 51.8 Å². The molecular weight excluding hydrogens is 409 g/mol. The molecule has 10 heteroatoms. The van der Waals surface area contributed by atoms with Crippen LogP contribution in [0.2, 0.25) is 0 Å². The summed E-state index contributed by atoms with van der Waals surface area (Å²) in [7, 11) is 0.0664. The van der Waals surface area contributed by atoms with E-state index in [1.54, 1.807) is 23.2 Å². The van der Waals surface area contributed by atoms with Crippen molar-refractivity contribution < 1.29 is 17.5 Å². The molecule has 0 spiro atoms. The number of morpholine rings is 1. The van der Waals surface area contributed by atoms with Crippen molar-refractivity contribution in [2.24, 2.45) is 0 Å². The summed E-state index contributed by atoms with van der Waals surface area (Å²) in [5.41, 5.74) is 2.01. The van der Waals surface area contributed by atoms with Crippen LogP contribution in [-0.2, 0) is 14.9 Å². The molecule has 1 aromatic carbocycles. The van der Waals surface area contributed by atoms with E-state index in [0.717, 1.165) is 5.56 Å². The molecule has 0 amide bonds. The predicted molar refractivity (Wildman–Crippen MR) is 114 cm³/mol. The molecule has 1 aliphatic heterocycles. The van der Waals surface area contributed by atoms with Crippen LogP contribution < -0.4 is 4.90 Å². The van der Waals surface area contributed by atoms with Gasteiger partial charge in [-0.15, -0.1) is 0 Å². The van der Waals surface area contributed by atoms with Gasteiger partial charge < -0.3 is 9.64 Å². The SMILES string of the molecule is CCN(CC)S(=O)(=O)N1CCO[C@H](c2nc(N(C)C)ncc2-c2ccc(F)cc2)C1. The maximum absolute atomic E-state index is 13.4. The fraction of sp³-hybridized carbons (Fsp3) is 0.500. The van der Waals surface area contributed by atoms with Gasteiger partial charge in [0.15, 0.2) is 0 Å². The number of benzene rings is 1. The molecule has 164 valence electrons. The van der Waals surface area contributed by atoms with Crippen LogP contribution in [0.1, 0.15) is 25.6 Å². The Bertz CT molecular complexity index is 965. The summed E-state index contributed by atoms with van der Waals surface area (Å²) in [6, 6.07) is 6.05. The molecule has 1 saturated heterocycles. The molecule has 8 nitrogen and oxygen atoms in total. The normalized spacial score (nSPS) is 18.0. The number of hydrogen-bond acceptors (Lipinski definition) is 6. The maximum Gasteiger partial charge on any atom is 0.282 e. The van der Waals surface area contributed by atoms with Crippen molar-refractivity contribution in [1.82, 2.24) is 18.6 Å². The zero-order chi connectivity index (χ0) is 21.9. The summed E-state index contributed by atoms with van der Waals surface area (Å²) < 4.78 is 48.3. The first-order valence-corrected chi connectivity index (χ1v) is 11.3. The average Bonchev–Trinajstić information content (AvgIpc) is 2.74. The molecule has 0 saturated carbocycles. The van der Waals surface area contributed by atoms with Crippen LogP contribution in [-0.4, -0.2) is 73.9 Å². The summed E-state index contributed by atoms with van der Waals surface area (Å²) in [4.78, 5) is 10.8. The van der Waals surface area contributed by atoms with Crippen molar-refractivity contribution in [3.63, 3.8) is 0 Å². The van der Waals surface area contributed by atoms with Crippen molar-refractivity contribution in [1.29, 1.82) is 0 Å². The summed E-state index contributed by atoms with van der Waals surface area (Å²) in [5.74, 6) is 0.153. The standard InChI is InChI=1S/C20H28FN5O3S/c1-5-25(6-2)30(27,28)26-11-12-29-18(14-26)19-17(13-22-20(23-19)24(3)4)15-7-9-16(21)10-8-15/h7-10,13,18H,5-6,11-12,14H2,1-4H3/t18-/m0/s1. The highest BCUT2D eigenvalue weighted by Gasteiger charge is 2.35. The molecule has 0 unspecified atom stereocenters. The summed E-state index contributed by atoms with van der Waals surface area (Å²) in [6.07, 6.45) is 1.11. The van der Waals surface area contributed by atoms with Gasteiger partial charge in [-0.3, -0.25) is 0 Å². The largest absolute Gasteiger partial charge is 0.369 e. The number of rotatable bonds is 7. The molecular formula is C20H28FN5O3S. The minimum absolute atomic E-state index is 0.150. The van der Waals surface area contributed by atoms with Gasteiger partial charge in [-0.2, -0.15) is 17.0 Å². The lowest BCUT2D eigenvalue weighted by molar-refractivity contribution is -0.00625. The fourth-order valence-corrected chi connectivity index (χ4v) is 5.02. The number of halogens is 1. The Hall–Kier alpha value is -2.14. The molecule has 1 fully saturated rings. The Labute approximate surface area is 177 Å². The van der Waals surface area contributed by atoms with Crippen LogP contribution >= 0.6 is 0 Å². The van der Waals surface area contributed by atoms with Gasteiger partial charge in [-0.1, -0.05) is 26.0 Å². The van der Waals surface area contributed by atoms with Crippen LogP contribution in [0.5, 0.6) is 0 Å². The Kier molecular flexibility index (Phi) is 7.02. The van der Waals surface area contributed by atoms with E-state index in [-0.39, 0.29) is 25.5 Å². The third-order valence-corrected chi connectivity index (χ3v) is 7.21. The second-order valence-electron chi connectivity index (χ2n) is 7.18. The van der Waals surface area contributed by atoms with Gasteiger partial charge in [0.05, 0.1) is 12.3 Å². The first-order valence-electron chi connectivity index (χ1n) is 9.94. The molecule has 0 radical (unpaired) electrons. The number of anilines is 1. The number of ether oxygens (including phenoxy) is 1. The molecule has 1 atom stereocenters. The smallest absolute Gasteiger partial charge is 0.282 e. The second kappa shape index (κ2) is 9.34. The first kappa shape index (κ1) is 22.5. The summed E-state index contributed by atoms with van der Waals surface area (Å²) in [5, 5.41) is 0. The highest BCUT2D eigenvalue weighted by Crippen LogP contribution is 2.32. The van der Waals surface area contributed by atoms with E-state index >= 15 is 0 Å². The van der Waals surface area contributed by atoms with Gasteiger partial charge in [0.2, 0.25) is 5.95 Å². The van der Waals surface area contributed by atoms with Crippen LogP contribution in [0.4, 0.5) is 10.3 Å². The van der Waals surface area contributed by atoms with Crippen LogP contribution in [0, 0.1) is 5.82 Å². The molecule has 0 N–H and O–H groups in total. The third-order valence-electron chi connectivity index (χ3n) is 5.05. The van der Waals surface area contributed by atoms with Crippen LogP contribution in [0.15, 0.2) is 30.5 Å². The van der Waals surface area contributed by atoms with Crippen molar-refractivity contribution in [2.45, 2.75) is 20.0 Å². The number of nitrogens with zero attached hydrogens (tertiary/aromatic N) is 5. The van der Waals surface area contributed by atoms with Crippen molar-refractivity contribution in [3.05, 3.63) is 42.0 Å². The lowest BCUT2D eigenvalue weighted by Crippen LogP contribution is -2.49. The highest BCUT2D eigenvalue weighted by atomic mass is 32.2. The molecule has 2 aromatic rings. The lowest BCUT2D eigenvalue weighted by Gasteiger charge is -2.35. The van der Waals surface area contributed by atoms with Crippen LogP contribution in [0.3, 0.4) is 0 Å². The molecule has 0 aliphatic carbocycles. The van der Waals surface area contributed by atoms with E-state index in [4.69, 9.17) is 4.74 Å². The minimum Gasteiger partial charge on any atom is -0.369 e. The minimum atomic E-state index is -3.59. The molecule has 1 aliphatic rings. The zero-order valence-corrected chi connectivity index (χ0v) is 18.6. The van der Waals surface area contributed by atoms with E-state index in [0.29, 0.717) is 30.3 Å². The highest BCUT2D eigenvalue weighted by molar-refractivity contribution is 7.86. The fourth-order valence-electron chi connectivity index (χ4n) is 3.41. The number of aromatic nitrogens is 2. The van der Waals surface area contributed by atoms with Gasteiger partial charge in [-0.05, 0) is 17.7 Å². The van der Waals surface area contributed by atoms with Crippen molar-refractivity contribution in [3.8, 4) is 11.1 Å². The van der Waals surface area contributed by atoms with E-state index in [1.807, 2.05) is 27.9 Å². The van der Waals surface area contributed by atoms with E-state index < -0.39 is 16.3 Å². The summed E-state index contributed by atoms with van der Waals surface area (Å²) >= 11 is 0. The predicted octanol–water partition coefficient (Wildman–Crippen LogP) is 2.31. The van der Waals surface area contributed by atoms with Gasteiger partial charge in [-0.25, -0.2) is 14.4 Å². The van der Waals surface area contributed by atoms with Gasteiger partial charge in [0.25, 0.3) is 10.2 Å². The topological polar surface area (TPSA) is 78.9 Å². The van der Waals surface area contributed by atoms with E-state index in [9.17, 15) is 12.8 Å². The summed E-state index contributed by atoms with van der Waals surface area (Å²) in [6.45, 7) is 5.14. The first-order chi connectivity index (χ1) is 14.3. The van der Waals surface area contributed by atoms with E-state index in [1.165, 1.54) is 20.7 Å². The van der Waals surface area contributed by atoms with Gasteiger partial charge in [0, 0.05) is 52.0 Å². The Morgan fingerprint density at radius 1 is 1.20 bits per heavy atom. The zero-order valence-electron chi connectivity index (χ0n) is 17.7. The Morgan fingerprint density at radius 3 is 2.47 bits per heavy atom. The average molecular weight is 438 g/mol. The maximum atomic E-state index is 13.4. The monoisotopic (exact) mass is 437 g/mol. The third kappa shape index (κ3) is 4.61. The molecule has 0 bridgehead atoms. The molecule has 30 heavy (non-hydrogen) atoms. The lowest BCUT2D eigenvalue weighted by atomic mass is 10.0. The molecule has 2 heterocycles. The van der Waals surface area contributed by atoms with Crippen molar-refractivity contribution >= 4 is 16.2 Å². The molecule has 3 rings (SSSR count). The van der Waals surface area contributed by atoms with Crippen LogP contribution in [0.25, 0.3) is 11.1 Å². The molecule has 1 aromatic heterocycles. The van der Waals surface area contributed by atoms with Gasteiger partial charge in [0.1, 0.15) is 11.9 Å². The van der Waals surface area contributed by atoms with Gasteiger partial charge >= 0.3 is 0 Å².